The molecule has 0 heterocycles. The average molecular weight is 232 g/mol. The molecule has 0 unspecified atom stereocenters. The predicted octanol–water partition coefficient (Wildman–Crippen LogP) is 4.08. The van der Waals surface area contributed by atoms with Crippen molar-refractivity contribution in [1.29, 1.82) is 0 Å². The van der Waals surface area contributed by atoms with Crippen molar-refractivity contribution < 1.29 is 16.8 Å². The van der Waals surface area contributed by atoms with Crippen LogP contribution in [0.1, 0.15) is 25.7 Å². The van der Waals surface area contributed by atoms with Crippen LogP contribution in [0.15, 0.2) is 54.6 Å². The van der Waals surface area contributed by atoms with E-state index in [4.69, 9.17) is 0 Å². The Morgan fingerprint density at radius 2 is 1.29 bits per heavy atom. The summed E-state index contributed by atoms with van der Waals surface area (Å²) in [7, 11) is 0. The minimum Gasteiger partial charge on any atom is -0.214 e. The molecule has 0 bridgehead atoms. The van der Waals surface area contributed by atoms with E-state index < -0.39 is 0 Å². The van der Waals surface area contributed by atoms with Crippen LogP contribution in [0.5, 0.6) is 0 Å². The Hall–Kier alpha value is -0.664. The maximum Gasteiger partial charge on any atom is 0 e. The van der Waals surface area contributed by atoms with Crippen LogP contribution in [-0.4, -0.2) is 0 Å². The Kier molecular flexibility index (Phi) is 9.92. The number of allylic oxidation sites excluding steroid dienone is 4. The third-order valence-corrected chi connectivity index (χ3v) is 1.93. The second kappa shape index (κ2) is 10.4. The van der Waals surface area contributed by atoms with Crippen LogP contribution >= 0.6 is 0 Å². The largest absolute Gasteiger partial charge is 0.214 e. The van der Waals surface area contributed by atoms with Gasteiger partial charge in [0.15, 0.2) is 0 Å². The van der Waals surface area contributed by atoms with Gasteiger partial charge in [-0.15, -0.1) is 0 Å². The van der Waals surface area contributed by atoms with Crippen LogP contribution < -0.4 is 0 Å². The molecule has 0 aliphatic heterocycles. The number of hydrogen-bond donors (Lipinski definition) is 0. The molecule has 1 aromatic rings. The van der Waals surface area contributed by atoms with E-state index in [1.54, 1.807) is 0 Å². The van der Waals surface area contributed by atoms with Crippen molar-refractivity contribution in [3.63, 3.8) is 0 Å². The number of rotatable bonds is 0. The molecule has 0 amide bonds. The van der Waals surface area contributed by atoms with Crippen LogP contribution in [0.4, 0.5) is 0 Å². The first-order valence-corrected chi connectivity index (χ1v) is 4.98. The molecule has 1 aliphatic rings. The van der Waals surface area contributed by atoms with Gasteiger partial charge in [-0.2, -0.15) is 18.2 Å². The molecule has 14 heavy (non-hydrogen) atoms. The fraction of sp³-hybridized carbons (Fsp3) is 0.308. The van der Waals surface area contributed by atoms with Crippen molar-refractivity contribution in [2.45, 2.75) is 25.7 Å². The SMILES string of the molecule is C1=CCCCCC=C1.[Co].c1cc[cH-]c1. The summed E-state index contributed by atoms with van der Waals surface area (Å²) in [5.74, 6) is 0. The molecule has 0 saturated carbocycles. The molecule has 0 nitrogen and oxygen atoms in total. The monoisotopic (exact) mass is 232 g/mol. The topological polar surface area (TPSA) is 0 Å². The summed E-state index contributed by atoms with van der Waals surface area (Å²) in [4.78, 5) is 0. The Morgan fingerprint density at radius 1 is 0.786 bits per heavy atom. The van der Waals surface area contributed by atoms with E-state index in [1.165, 1.54) is 25.7 Å². The Morgan fingerprint density at radius 3 is 1.64 bits per heavy atom. The smallest absolute Gasteiger partial charge is 0 e. The Balaban J connectivity index is 0.000000246. The van der Waals surface area contributed by atoms with Crippen molar-refractivity contribution in [1.82, 2.24) is 0 Å². The van der Waals surface area contributed by atoms with Gasteiger partial charge in [0, 0.05) is 16.8 Å². The summed E-state index contributed by atoms with van der Waals surface area (Å²) < 4.78 is 0. The molecule has 1 aliphatic carbocycles. The van der Waals surface area contributed by atoms with Gasteiger partial charge in [-0.05, 0) is 25.7 Å². The summed E-state index contributed by atoms with van der Waals surface area (Å²) in [5, 5.41) is 0. The van der Waals surface area contributed by atoms with Gasteiger partial charge in [0.25, 0.3) is 0 Å². The molecule has 1 aromatic carbocycles. The first kappa shape index (κ1) is 13.3. The molecule has 1 heteroatoms. The van der Waals surface area contributed by atoms with Gasteiger partial charge in [0.05, 0.1) is 0 Å². The zero-order valence-corrected chi connectivity index (χ0v) is 9.40. The standard InChI is InChI=1S/C8H12.C5H5.Co/c1-2-4-6-8-7-5-3-1;1-2-4-5-3-1;/h1-4H,5-8H2;1-5H;/q;-1;. The average Bonchev–Trinajstić information content (AvgIpc) is 2.58. The van der Waals surface area contributed by atoms with Gasteiger partial charge in [-0.1, -0.05) is 24.3 Å². The van der Waals surface area contributed by atoms with Crippen LogP contribution in [0.3, 0.4) is 0 Å². The first-order valence-electron chi connectivity index (χ1n) is 4.98. The molecule has 0 atom stereocenters. The van der Waals surface area contributed by atoms with Crippen molar-refractivity contribution in [3.8, 4) is 0 Å². The molecule has 2 rings (SSSR count). The third-order valence-electron chi connectivity index (χ3n) is 1.93. The van der Waals surface area contributed by atoms with Gasteiger partial charge in [-0.25, -0.2) is 12.1 Å². The van der Waals surface area contributed by atoms with E-state index in [0.717, 1.165) is 0 Å². The Bertz CT molecular complexity index is 201. The summed E-state index contributed by atoms with van der Waals surface area (Å²) in [6.45, 7) is 0. The second-order valence-electron chi connectivity index (χ2n) is 3.10. The number of hydrogen-bond acceptors (Lipinski definition) is 0. The van der Waals surface area contributed by atoms with E-state index in [2.05, 4.69) is 24.3 Å². The summed E-state index contributed by atoms with van der Waals surface area (Å²) in [6.07, 6.45) is 14.0. The van der Waals surface area contributed by atoms with Crippen molar-refractivity contribution in [3.05, 3.63) is 54.6 Å². The minimum atomic E-state index is 0. The second-order valence-corrected chi connectivity index (χ2v) is 3.10. The van der Waals surface area contributed by atoms with Crippen LogP contribution in [0, 0.1) is 0 Å². The predicted molar refractivity (Wildman–Crippen MR) is 58.8 cm³/mol. The summed E-state index contributed by atoms with van der Waals surface area (Å²) >= 11 is 0. The van der Waals surface area contributed by atoms with Gasteiger partial charge in [0.1, 0.15) is 0 Å². The molecule has 0 spiro atoms. The van der Waals surface area contributed by atoms with Crippen LogP contribution in [-0.2, 0) is 16.8 Å². The molecule has 0 N–H and O–H groups in total. The zero-order chi connectivity index (χ0) is 9.19. The molecule has 0 fully saturated rings. The fourth-order valence-electron chi connectivity index (χ4n) is 1.19. The van der Waals surface area contributed by atoms with E-state index >= 15 is 0 Å². The maximum atomic E-state index is 2.23. The van der Waals surface area contributed by atoms with Crippen molar-refractivity contribution in [2.75, 3.05) is 0 Å². The zero-order valence-electron chi connectivity index (χ0n) is 8.36. The molecule has 79 valence electrons. The van der Waals surface area contributed by atoms with E-state index in [0.29, 0.717) is 0 Å². The minimum absolute atomic E-state index is 0. The maximum absolute atomic E-state index is 2.23. The summed E-state index contributed by atoms with van der Waals surface area (Å²) in [5.41, 5.74) is 0. The molecule has 1 radical (unpaired) electrons. The van der Waals surface area contributed by atoms with Crippen molar-refractivity contribution in [2.24, 2.45) is 0 Å². The molecule has 0 saturated heterocycles. The van der Waals surface area contributed by atoms with Crippen molar-refractivity contribution >= 4 is 0 Å². The molecule has 0 aromatic heterocycles. The first-order chi connectivity index (χ1) is 6.50. The fourth-order valence-corrected chi connectivity index (χ4v) is 1.19. The quantitative estimate of drug-likeness (QED) is 0.591. The van der Waals surface area contributed by atoms with Crippen LogP contribution in [0.25, 0.3) is 0 Å². The van der Waals surface area contributed by atoms with Gasteiger partial charge < -0.3 is 0 Å². The molecular formula is C13H17Co-. The van der Waals surface area contributed by atoms with Crippen LogP contribution in [0.2, 0.25) is 0 Å². The summed E-state index contributed by atoms with van der Waals surface area (Å²) in [6, 6.07) is 10.0. The third kappa shape index (κ3) is 7.96. The van der Waals surface area contributed by atoms with Gasteiger partial charge >= 0.3 is 0 Å². The van der Waals surface area contributed by atoms with E-state index in [1.807, 2.05) is 30.3 Å². The van der Waals surface area contributed by atoms with E-state index in [-0.39, 0.29) is 16.8 Å². The van der Waals surface area contributed by atoms with E-state index in [9.17, 15) is 0 Å². The van der Waals surface area contributed by atoms with Gasteiger partial charge in [-0.3, -0.25) is 0 Å². The normalized spacial score (nSPS) is 14.3. The molecular weight excluding hydrogens is 215 g/mol. The Labute approximate surface area is 97.3 Å². The van der Waals surface area contributed by atoms with Gasteiger partial charge in [0.2, 0.25) is 0 Å².